The molecule has 1 aromatic heterocycles. The van der Waals surface area contributed by atoms with Crippen molar-refractivity contribution in [3.8, 4) is 22.9 Å². The van der Waals surface area contributed by atoms with E-state index in [1.54, 1.807) is 0 Å². The van der Waals surface area contributed by atoms with Gasteiger partial charge in [0.05, 0.1) is 24.5 Å². The Morgan fingerprint density at radius 2 is 1.95 bits per heavy atom. The highest BCUT2D eigenvalue weighted by Crippen LogP contribution is 2.33. The van der Waals surface area contributed by atoms with Crippen LogP contribution < -0.4 is 15.0 Å². The largest absolute Gasteiger partial charge is 0.486 e. The third-order valence-electron chi connectivity index (χ3n) is 3.65. The summed E-state index contributed by atoms with van der Waals surface area (Å²) in [6.07, 6.45) is 0.663. The molecule has 2 aliphatic rings. The van der Waals surface area contributed by atoms with Crippen molar-refractivity contribution in [2.24, 2.45) is 0 Å². The molecular formula is C15H14N2O4. The number of nitrogens with zero attached hydrogens (tertiary/aromatic N) is 1. The highest BCUT2D eigenvalue weighted by molar-refractivity contribution is 5.61. The average Bonchev–Trinajstić information content (AvgIpc) is 2.54. The maximum Gasteiger partial charge on any atom is 0.256 e. The van der Waals surface area contributed by atoms with Gasteiger partial charge in [0.1, 0.15) is 19.0 Å². The maximum absolute atomic E-state index is 12.1. The lowest BCUT2D eigenvalue weighted by molar-refractivity contribution is 0.108. The molecule has 3 heterocycles. The van der Waals surface area contributed by atoms with Gasteiger partial charge in [0, 0.05) is 12.0 Å². The minimum absolute atomic E-state index is 0.135. The molecule has 1 N–H and O–H groups in total. The summed E-state index contributed by atoms with van der Waals surface area (Å²) in [4.78, 5) is 19.5. The minimum Gasteiger partial charge on any atom is -0.486 e. The molecule has 0 unspecified atom stereocenters. The van der Waals surface area contributed by atoms with Crippen LogP contribution in [-0.4, -0.2) is 29.8 Å². The third-order valence-corrected chi connectivity index (χ3v) is 3.65. The van der Waals surface area contributed by atoms with Crippen molar-refractivity contribution < 1.29 is 14.2 Å². The number of ether oxygens (including phenoxy) is 3. The van der Waals surface area contributed by atoms with Gasteiger partial charge in [-0.3, -0.25) is 4.79 Å². The van der Waals surface area contributed by atoms with Gasteiger partial charge < -0.3 is 19.2 Å². The third kappa shape index (κ3) is 2.17. The van der Waals surface area contributed by atoms with Gasteiger partial charge in [-0.1, -0.05) is 0 Å². The van der Waals surface area contributed by atoms with Crippen LogP contribution in [0.1, 0.15) is 11.3 Å². The number of rotatable bonds is 1. The zero-order valence-corrected chi connectivity index (χ0v) is 11.3. The Balaban J connectivity index is 1.80. The summed E-state index contributed by atoms with van der Waals surface area (Å²) in [6.45, 7) is 2.02. The zero-order valence-electron chi connectivity index (χ0n) is 11.3. The molecule has 0 bridgehead atoms. The first-order valence-corrected chi connectivity index (χ1v) is 6.91. The quantitative estimate of drug-likeness (QED) is 0.855. The van der Waals surface area contributed by atoms with Crippen molar-refractivity contribution in [1.82, 2.24) is 9.97 Å². The lowest BCUT2D eigenvalue weighted by Gasteiger charge is -2.19. The normalized spacial score (nSPS) is 16.4. The lowest BCUT2D eigenvalue weighted by Crippen LogP contribution is -2.24. The smallest absolute Gasteiger partial charge is 0.256 e. The van der Waals surface area contributed by atoms with Crippen molar-refractivity contribution in [1.29, 1.82) is 0 Å². The molecule has 6 heteroatoms. The number of nitrogens with one attached hydrogen (secondary N) is 1. The molecule has 1 aromatic carbocycles. The van der Waals surface area contributed by atoms with Gasteiger partial charge in [0.15, 0.2) is 11.5 Å². The predicted molar refractivity (Wildman–Crippen MR) is 74.6 cm³/mol. The molecule has 2 aliphatic heterocycles. The van der Waals surface area contributed by atoms with Crippen LogP contribution in [0.4, 0.5) is 0 Å². The summed E-state index contributed by atoms with van der Waals surface area (Å²) < 4.78 is 16.4. The molecule has 0 radical (unpaired) electrons. The fourth-order valence-corrected chi connectivity index (χ4v) is 2.57. The Hall–Kier alpha value is -2.34. The summed E-state index contributed by atoms with van der Waals surface area (Å²) in [6, 6.07) is 5.56. The molecule has 4 rings (SSSR count). The van der Waals surface area contributed by atoms with Crippen molar-refractivity contribution >= 4 is 0 Å². The highest BCUT2D eigenvalue weighted by Gasteiger charge is 2.18. The molecule has 0 spiro atoms. The number of aromatic nitrogens is 2. The minimum atomic E-state index is -0.135. The van der Waals surface area contributed by atoms with Crippen LogP contribution in [0.3, 0.4) is 0 Å². The lowest BCUT2D eigenvalue weighted by atomic mass is 10.1. The Morgan fingerprint density at radius 3 is 2.86 bits per heavy atom. The van der Waals surface area contributed by atoms with E-state index in [1.165, 1.54) is 0 Å². The van der Waals surface area contributed by atoms with Crippen LogP contribution in [0, 0.1) is 0 Å². The van der Waals surface area contributed by atoms with Crippen molar-refractivity contribution in [2.75, 3.05) is 19.8 Å². The van der Waals surface area contributed by atoms with E-state index in [4.69, 9.17) is 14.2 Å². The van der Waals surface area contributed by atoms with E-state index in [2.05, 4.69) is 9.97 Å². The molecule has 6 nitrogen and oxygen atoms in total. The van der Waals surface area contributed by atoms with E-state index in [9.17, 15) is 4.79 Å². The van der Waals surface area contributed by atoms with E-state index in [0.717, 1.165) is 17.0 Å². The maximum atomic E-state index is 12.1. The second-order valence-corrected chi connectivity index (χ2v) is 5.00. The predicted octanol–water partition coefficient (Wildman–Crippen LogP) is 1.28. The van der Waals surface area contributed by atoms with Crippen LogP contribution in [0.15, 0.2) is 23.0 Å². The zero-order chi connectivity index (χ0) is 14.2. The van der Waals surface area contributed by atoms with E-state index < -0.39 is 0 Å². The Morgan fingerprint density at radius 1 is 1.10 bits per heavy atom. The summed E-state index contributed by atoms with van der Waals surface area (Å²) >= 11 is 0. The van der Waals surface area contributed by atoms with Crippen LogP contribution in [0.5, 0.6) is 11.5 Å². The van der Waals surface area contributed by atoms with E-state index in [1.807, 2.05) is 18.2 Å². The van der Waals surface area contributed by atoms with Gasteiger partial charge in [-0.05, 0) is 18.2 Å². The number of fused-ring (bicyclic) bond motifs is 2. The second kappa shape index (κ2) is 4.89. The molecule has 0 saturated carbocycles. The van der Waals surface area contributed by atoms with E-state index >= 15 is 0 Å². The SMILES string of the molecule is O=c1[nH]c(-c2ccc3c(c2)OCCO3)nc2c1COCC2. The molecule has 2 aromatic rings. The van der Waals surface area contributed by atoms with Crippen LogP contribution >= 0.6 is 0 Å². The van der Waals surface area contributed by atoms with Gasteiger partial charge in [-0.25, -0.2) is 4.98 Å². The first kappa shape index (κ1) is 12.4. The molecule has 108 valence electrons. The highest BCUT2D eigenvalue weighted by atomic mass is 16.6. The van der Waals surface area contributed by atoms with E-state index in [-0.39, 0.29) is 5.56 Å². The van der Waals surface area contributed by atoms with Crippen molar-refractivity contribution in [3.05, 3.63) is 39.8 Å². The van der Waals surface area contributed by atoms with Crippen molar-refractivity contribution in [3.63, 3.8) is 0 Å². The summed E-state index contributed by atoms with van der Waals surface area (Å²) in [5, 5.41) is 0. The summed E-state index contributed by atoms with van der Waals surface area (Å²) in [7, 11) is 0. The first-order chi connectivity index (χ1) is 10.3. The summed E-state index contributed by atoms with van der Waals surface area (Å²) in [5.74, 6) is 1.96. The summed E-state index contributed by atoms with van der Waals surface area (Å²) in [5.41, 5.74) is 2.12. The number of hydrogen-bond acceptors (Lipinski definition) is 5. The fourth-order valence-electron chi connectivity index (χ4n) is 2.57. The van der Waals surface area contributed by atoms with Gasteiger partial charge in [-0.2, -0.15) is 0 Å². The Bertz CT molecular complexity index is 754. The molecule has 0 saturated heterocycles. The number of H-pyrrole nitrogens is 1. The van der Waals surface area contributed by atoms with Gasteiger partial charge in [-0.15, -0.1) is 0 Å². The van der Waals surface area contributed by atoms with Gasteiger partial charge in [0.25, 0.3) is 5.56 Å². The first-order valence-electron chi connectivity index (χ1n) is 6.91. The number of benzene rings is 1. The second-order valence-electron chi connectivity index (χ2n) is 5.00. The van der Waals surface area contributed by atoms with E-state index in [0.29, 0.717) is 50.0 Å². The van der Waals surface area contributed by atoms with Crippen LogP contribution in [0.25, 0.3) is 11.4 Å². The van der Waals surface area contributed by atoms with Gasteiger partial charge >= 0.3 is 0 Å². The number of aromatic amines is 1. The number of hydrogen-bond donors (Lipinski definition) is 1. The molecule has 0 amide bonds. The topological polar surface area (TPSA) is 73.4 Å². The Kier molecular flexibility index (Phi) is 2.89. The molecule has 21 heavy (non-hydrogen) atoms. The molecule has 0 atom stereocenters. The molecule has 0 fully saturated rings. The Labute approximate surface area is 120 Å². The van der Waals surface area contributed by atoms with Crippen molar-refractivity contribution in [2.45, 2.75) is 13.0 Å². The van der Waals surface area contributed by atoms with Crippen LogP contribution in [-0.2, 0) is 17.8 Å². The molecule has 0 aliphatic carbocycles. The van der Waals surface area contributed by atoms with Crippen LogP contribution in [0.2, 0.25) is 0 Å². The molecular weight excluding hydrogens is 272 g/mol. The monoisotopic (exact) mass is 286 g/mol. The standard InChI is InChI=1S/C15H14N2O4/c18-15-10-8-19-4-3-11(10)16-14(17-15)9-1-2-12-13(7-9)21-6-5-20-12/h1-2,7H,3-6,8H2,(H,16,17,18). The fraction of sp³-hybridized carbons (Fsp3) is 0.333. The average molecular weight is 286 g/mol. The van der Waals surface area contributed by atoms with Gasteiger partial charge in [0.2, 0.25) is 0 Å².